The molecule has 0 saturated heterocycles. The lowest BCUT2D eigenvalue weighted by atomic mass is 9.81. The fourth-order valence-corrected chi connectivity index (χ4v) is 6.44. The molecule has 4 heterocycles. The van der Waals surface area contributed by atoms with Crippen molar-refractivity contribution in [3.8, 4) is 5.19 Å². The third-order valence-electron chi connectivity index (χ3n) is 7.81. The van der Waals surface area contributed by atoms with Crippen molar-refractivity contribution in [1.29, 1.82) is 0 Å². The van der Waals surface area contributed by atoms with Crippen LogP contribution in [0.25, 0.3) is 0 Å². The molecule has 8 nitrogen and oxygen atoms in total. The van der Waals surface area contributed by atoms with Gasteiger partial charge in [-0.05, 0) is 69.0 Å². The Morgan fingerprint density at radius 1 is 1.24 bits per heavy atom. The highest BCUT2D eigenvalue weighted by atomic mass is 32.1. The van der Waals surface area contributed by atoms with Crippen molar-refractivity contribution in [2.24, 2.45) is 16.8 Å². The van der Waals surface area contributed by atoms with E-state index in [1.165, 1.54) is 11.3 Å². The molecular weight excluding hydrogens is 512 g/mol. The standard InChI is InChI=1S/C27H35F2N5O3S/c1-27(28,29)17-37-26-31-20-16-33(12-10-23(20)38-26)11-9-18-3-5-19(6-4-18)15-30-24(35)21-7-8-22-25(36)32(2)13-14-34(21)22/h7-8,15,18-19H,3-6,9-14,16-17H2,1-2H3. The van der Waals surface area contributed by atoms with Gasteiger partial charge in [-0.3, -0.25) is 14.5 Å². The number of thiazole rings is 1. The van der Waals surface area contributed by atoms with E-state index >= 15 is 0 Å². The number of carbonyl (C=O) groups excluding carboxylic acids is 2. The number of likely N-dealkylation sites (N-methyl/N-ethyl adjacent to an activating group) is 1. The number of ether oxygens (including phenoxy) is 1. The van der Waals surface area contributed by atoms with Gasteiger partial charge < -0.3 is 14.2 Å². The van der Waals surface area contributed by atoms with Crippen LogP contribution in [-0.2, 0) is 19.5 Å². The second kappa shape index (κ2) is 11.2. The smallest absolute Gasteiger partial charge is 0.293 e. The van der Waals surface area contributed by atoms with Gasteiger partial charge in [0.15, 0.2) is 6.61 Å². The Labute approximate surface area is 225 Å². The minimum atomic E-state index is -2.86. The zero-order valence-electron chi connectivity index (χ0n) is 22.0. The van der Waals surface area contributed by atoms with Crippen molar-refractivity contribution in [2.45, 2.75) is 64.5 Å². The highest BCUT2D eigenvalue weighted by Crippen LogP contribution is 2.33. The number of aromatic nitrogens is 2. The number of fused-ring (bicyclic) bond motifs is 2. The van der Waals surface area contributed by atoms with Crippen LogP contribution in [0.2, 0.25) is 0 Å². The Hall–Kier alpha value is -2.66. The molecule has 0 aromatic carbocycles. The third-order valence-corrected chi connectivity index (χ3v) is 8.88. The first-order valence-corrected chi connectivity index (χ1v) is 14.2. The van der Waals surface area contributed by atoms with Gasteiger partial charge >= 0.3 is 0 Å². The first kappa shape index (κ1) is 26.9. The minimum absolute atomic E-state index is 0.0627. The number of carbonyl (C=O) groups is 2. The average molecular weight is 548 g/mol. The molecule has 1 aliphatic carbocycles. The zero-order chi connectivity index (χ0) is 26.9. The van der Waals surface area contributed by atoms with Crippen LogP contribution in [0.3, 0.4) is 0 Å². The molecule has 0 spiro atoms. The fourth-order valence-electron chi connectivity index (χ4n) is 5.53. The van der Waals surface area contributed by atoms with Gasteiger partial charge in [0.2, 0.25) is 0 Å². The molecule has 206 valence electrons. The lowest BCUT2D eigenvalue weighted by Crippen LogP contribution is -2.37. The Balaban J connectivity index is 1.05. The lowest BCUT2D eigenvalue weighted by Gasteiger charge is -2.30. The van der Waals surface area contributed by atoms with E-state index in [4.69, 9.17) is 4.74 Å². The highest BCUT2D eigenvalue weighted by Gasteiger charge is 2.28. The molecule has 0 atom stereocenters. The third kappa shape index (κ3) is 6.31. The van der Waals surface area contributed by atoms with E-state index in [1.54, 1.807) is 28.6 Å². The Morgan fingerprint density at radius 3 is 2.79 bits per heavy atom. The van der Waals surface area contributed by atoms with Gasteiger partial charge in [-0.2, -0.15) is 0 Å². The van der Waals surface area contributed by atoms with Gasteiger partial charge in [0.1, 0.15) is 11.4 Å². The lowest BCUT2D eigenvalue weighted by molar-refractivity contribution is -0.0230. The van der Waals surface area contributed by atoms with Crippen LogP contribution in [0, 0.1) is 11.8 Å². The van der Waals surface area contributed by atoms with Gasteiger partial charge in [0.25, 0.3) is 22.9 Å². The number of alkyl halides is 2. The molecule has 2 aliphatic heterocycles. The summed E-state index contributed by atoms with van der Waals surface area (Å²) in [5.41, 5.74) is 1.99. The monoisotopic (exact) mass is 547 g/mol. The molecule has 5 rings (SSSR count). The van der Waals surface area contributed by atoms with Crippen molar-refractivity contribution >= 4 is 29.4 Å². The van der Waals surface area contributed by atoms with Crippen LogP contribution in [0.4, 0.5) is 8.78 Å². The number of hydrogen-bond acceptors (Lipinski definition) is 6. The van der Waals surface area contributed by atoms with Crippen LogP contribution in [0.15, 0.2) is 17.1 Å². The quantitative estimate of drug-likeness (QED) is 0.454. The van der Waals surface area contributed by atoms with Crippen LogP contribution >= 0.6 is 11.3 Å². The van der Waals surface area contributed by atoms with Crippen molar-refractivity contribution in [3.05, 3.63) is 34.1 Å². The number of halogens is 2. The SMILES string of the molecule is CN1CCn2c(C(=O)N=CC3CCC(CCN4CCc5sc(OCC(C)(F)F)nc5C4)CC3)ccc2C1=O. The molecule has 2 amide bonds. The summed E-state index contributed by atoms with van der Waals surface area (Å²) in [6, 6.07) is 3.42. The zero-order valence-corrected chi connectivity index (χ0v) is 22.8. The van der Waals surface area contributed by atoms with Crippen LogP contribution in [0.1, 0.15) is 70.6 Å². The normalized spacial score (nSPS) is 22.5. The number of nitrogens with zero attached hydrogens (tertiary/aromatic N) is 5. The van der Waals surface area contributed by atoms with Crippen molar-refractivity contribution in [3.63, 3.8) is 0 Å². The van der Waals surface area contributed by atoms with E-state index in [-0.39, 0.29) is 11.8 Å². The highest BCUT2D eigenvalue weighted by molar-refractivity contribution is 7.13. The summed E-state index contributed by atoms with van der Waals surface area (Å²) in [5, 5.41) is 0.342. The predicted octanol–water partition coefficient (Wildman–Crippen LogP) is 4.53. The Morgan fingerprint density at radius 2 is 2.03 bits per heavy atom. The molecule has 0 bridgehead atoms. The summed E-state index contributed by atoms with van der Waals surface area (Å²) in [6.07, 6.45) is 8.10. The molecule has 1 fully saturated rings. The van der Waals surface area contributed by atoms with E-state index in [0.29, 0.717) is 41.5 Å². The van der Waals surface area contributed by atoms with Gasteiger partial charge in [-0.1, -0.05) is 11.3 Å². The van der Waals surface area contributed by atoms with Crippen LogP contribution < -0.4 is 4.74 Å². The van der Waals surface area contributed by atoms with E-state index in [9.17, 15) is 18.4 Å². The summed E-state index contributed by atoms with van der Waals surface area (Å²) in [6.45, 7) is 4.10. The van der Waals surface area contributed by atoms with Gasteiger partial charge in [0.05, 0.1) is 5.69 Å². The van der Waals surface area contributed by atoms with Gasteiger partial charge in [0, 0.05) is 51.2 Å². The maximum absolute atomic E-state index is 13.1. The second-order valence-electron chi connectivity index (χ2n) is 10.9. The van der Waals surface area contributed by atoms with Gasteiger partial charge in [-0.25, -0.2) is 18.8 Å². The largest absolute Gasteiger partial charge is 0.464 e. The van der Waals surface area contributed by atoms with Crippen LogP contribution in [0.5, 0.6) is 5.19 Å². The number of rotatable bonds is 8. The van der Waals surface area contributed by atoms with Crippen molar-refractivity contribution < 1.29 is 23.1 Å². The molecule has 2 aromatic heterocycles. The molecule has 38 heavy (non-hydrogen) atoms. The number of aliphatic imine (C=N–C) groups is 1. The molecule has 3 aliphatic rings. The number of hydrogen-bond donors (Lipinski definition) is 0. The Kier molecular flexibility index (Phi) is 7.95. The first-order valence-electron chi connectivity index (χ1n) is 13.4. The molecule has 0 radical (unpaired) electrons. The van der Waals surface area contributed by atoms with Crippen molar-refractivity contribution in [1.82, 2.24) is 19.4 Å². The fraction of sp³-hybridized carbons (Fsp3) is 0.630. The Bertz CT molecular complexity index is 1200. The summed E-state index contributed by atoms with van der Waals surface area (Å²) in [5.74, 6) is -2.25. The molecule has 11 heteroatoms. The number of amides is 2. The molecule has 0 N–H and O–H groups in total. The summed E-state index contributed by atoms with van der Waals surface area (Å²) >= 11 is 1.39. The van der Waals surface area contributed by atoms with E-state index in [1.807, 2.05) is 6.21 Å². The molecule has 2 aromatic rings. The molecular formula is C27H35F2N5O3S. The maximum Gasteiger partial charge on any atom is 0.293 e. The van der Waals surface area contributed by atoms with E-state index in [0.717, 1.165) is 75.7 Å². The summed E-state index contributed by atoms with van der Waals surface area (Å²) in [4.78, 5) is 38.9. The second-order valence-corrected chi connectivity index (χ2v) is 11.9. The topological polar surface area (TPSA) is 80.0 Å². The predicted molar refractivity (Wildman–Crippen MR) is 141 cm³/mol. The van der Waals surface area contributed by atoms with E-state index < -0.39 is 12.5 Å². The van der Waals surface area contributed by atoms with Gasteiger partial charge in [-0.15, -0.1) is 0 Å². The first-order chi connectivity index (χ1) is 18.2. The van der Waals surface area contributed by atoms with Crippen molar-refractivity contribution in [2.75, 3.05) is 33.3 Å². The molecule has 0 unspecified atom stereocenters. The summed E-state index contributed by atoms with van der Waals surface area (Å²) in [7, 11) is 1.77. The van der Waals surface area contributed by atoms with E-state index in [2.05, 4.69) is 14.9 Å². The summed E-state index contributed by atoms with van der Waals surface area (Å²) < 4.78 is 33.1. The molecule has 1 saturated carbocycles. The minimum Gasteiger partial charge on any atom is -0.464 e. The van der Waals surface area contributed by atoms with Crippen LogP contribution in [-0.4, -0.2) is 76.6 Å². The average Bonchev–Trinajstić information content (AvgIpc) is 3.51. The maximum atomic E-state index is 13.1.